The van der Waals surface area contributed by atoms with E-state index in [0.717, 1.165) is 36.1 Å². The van der Waals surface area contributed by atoms with Crippen molar-refractivity contribution in [2.24, 2.45) is 11.3 Å². The number of carbonyl (C=O) groups is 1. The van der Waals surface area contributed by atoms with Crippen LogP contribution in [0, 0.1) is 22.7 Å². The van der Waals surface area contributed by atoms with E-state index in [1.165, 1.54) is 16.6 Å². The van der Waals surface area contributed by atoms with Crippen LogP contribution in [0.15, 0.2) is 42.1 Å². The van der Waals surface area contributed by atoms with Crippen LogP contribution in [-0.2, 0) is 24.2 Å². The maximum absolute atomic E-state index is 12.9. The molecule has 2 aromatic heterocycles. The zero-order valence-corrected chi connectivity index (χ0v) is 22.8. The Morgan fingerprint density at radius 2 is 2.22 bits per heavy atom. The lowest BCUT2D eigenvalue weighted by molar-refractivity contribution is -0.113. The molecule has 1 N–H and O–H groups in total. The molecule has 0 fully saturated rings. The topological polar surface area (TPSA) is 92.8 Å². The second kappa shape index (κ2) is 10.9. The summed E-state index contributed by atoms with van der Waals surface area (Å²) in [6.07, 6.45) is 4.69. The Balaban J connectivity index is 1.48. The van der Waals surface area contributed by atoms with Gasteiger partial charge in [-0.3, -0.25) is 9.36 Å². The lowest BCUT2D eigenvalue weighted by atomic mass is 9.72. The fraction of sp³-hybridized carbons (Fsp3) is 0.407. The molecule has 0 aliphatic heterocycles. The molecule has 1 aromatic carbocycles. The smallest absolute Gasteiger partial charge is 0.235 e. The first kappa shape index (κ1) is 26.0. The van der Waals surface area contributed by atoms with Crippen molar-refractivity contribution in [1.29, 1.82) is 5.26 Å². The molecule has 1 atom stereocenters. The van der Waals surface area contributed by atoms with Crippen LogP contribution in [0.2, 0.25) is 0 Å². The molecule has 1 aliphatic carbocycles. The Hall–Kier alpha value is -3.09. The summed E-state index contributed by atoms with van der Waals surface area (Å²) in [5.74, 6) is 1.98. The minimum atomic E-state index is -0.168. The highest BCUT2D eigenvalue weighted by Gasteiger charge is 2.32. The average molecular weight is 522 g/mol. The number of fused-ring (bicyclic) bond motifs is 1. The molecule has 7 nitrogen and oxygen atoms in total. The molecule has 9 heteroatoms. The first-order valence-corrected chi connectivity index (χ1v) is 13.7. The van der Waals surface area contributed by atoms with E-state index in [-0.39, 0.29) is 17.1 Å². The fourth-order valence-electron chi connectivity index (χ4n) is 4.49. The molecular weight excluding hydrogens is 490 g/mol. The standard InChI is InChI=1S/C27H31N5O2S2/c1-6-12-32-24(17-8-7-9-19(13-17)34-5)30-31-26(32)35-16-23(33)29-25-21(15-28)20-11-10-18(27(2,3)4)14-22(20)36-25/h6-9,13,18H,1,10-12,14,16H2,2-5H3,(H,29,33). The van der Waals surface area contributed by atoms with Gasteiger partial charge in [-0.2, -0.15) is 5.26 Å². The van der Waals surface area contributed by atoms with Gasteiger partial charge in [-0.25, -0.2) is 0 Å². The minimum absolute atomic E-state index is 0.158. The summed E-state index contributed by atoms with van der Waals surface area (Å²) in [7, 11) is 1.62. The van der Waals surface area contributed by atoms with E-state index < -0.39 is 0 Å². The summed E-state index contributed by atoms with van der Waals surface area (Å²) in [5.41, 5.74) is 2.83. The summed E-state index contributed by atoms with van der Waals surface area (Å²) in [6.45, 7) is 11.2. The van der Waals surface area contributed by atoms with Crippen molar-refractivity contribution in [3.63, 3.8) is 0 Å². The summed E-state index contributed by atoms with van der Waals surface area (Å²) >= 11 is 2.86. The lowest BCUT2D eigenvalue weighted by Gasteiger charge is -2.33. The number of rotatable bonds is 8. The van der Waals surface area contributed by atoms with Crippen LogP contribution in [0.1, 0.15) is 43.2 Å². The normalized spacial score (nSPS) is 15.1. The number of nitrogens with zero attached hydrogens (tertiary/aromatic N) is 4. The van der Waals surface area contributed by atoms with E-state index in [4.69, 9.17) is 4.74 Å². The third-order valence-corrected chi connectivity index (χ3v) is 8.68. The van der Waals surface area contributed by atoms with Gasteiger partial charge in [0.1, 0.15) is 16.8 Å². The molecule has 188 valence electrons. The molecule has 4 rings (SSSR count). The first-order valence-electron chi connectivity index (χ1n) is 11.9. The highest BCUT2D eigenvalue weighted by atomic mass is 32.2. The van der Waals surface area contributed by atoms with Gasteiger partial charge in [0.05, 0.1) is 18.4 Å². The van der Waals surface area contributed by atoms with Gasteiger partial charge in [0, 0.05) is 17.0 Å². The number of hydrogen-bond donors (Lipinski definition) is 1. The van der Waals surface area contributed by atoms with Crippen molar-refractivity contribution in [3.05, 3.63) is 52.9 Å². The van der Waals surface area contributed by atoms with E-state index in [1.54, 1.807) is 24.5 Å². The van der Waals surface area contributed by atoms with Crippen LogP contribution in [-0.4, -0.2) is 33.5 Å². The Labute approximate surface area is 220 Å². The molecule has 0 spiro atoms. The van der Waals surface area contributed by atoms with Gasteiger partial charge in [-0.1, -0.05) is 50.7 Å². The van der Waals surface area contributed by atoms with Gasteiger partial charge in [0.2, 0.25) is 5.91 Å². The Morgan fingerprint density at radius 3 is 2.92 bits per heavy atom. The number of carbonyl (C=O) groups excluding carboxylic acids is 1. The second-order valence-corrected chi connectivity index (χ2v) is 11.9. The van der Waals surface area contributed by atoms with Crippen LogP contribution < -0.4 is 10.1 Å². The molecule has 1 aliphatic rings. The number of hydrogen-bond acceptors (Lipinski definition) is 7. The summed E-state index contributed by atoms with van der Waals surface area (Å²) in [5, 5.41) is 22.8. The third-order valence-electron chi connectivity index (χ3n) is 6.54. The van der Waals surface area contributed by atoms with E-state index in [9.17, 15) is 10.1 Å². The van der Waals surface area contributed by atoms with Crippen LogP contribution in [0.5, 0.6) is 5.75 Å². The monoisotopic (exact) mass is 521 g/mol. The molecule has 0 saturated carbocycles. The number of benzene rings is 1. The molecule has 2 heterocycles. The number of thioether (sulfide) groups is 1. The molecule has 3 aromatic rings. The van der Waals surface area contributed by atoms with Gasteiger partial charge in [-0.15, -0.1) is 28.1 Å². The lowest BCUT2D eigenvalue weighted by Crippen LogP contribution is -2.26. The van der Waals surface area contributed by atoms with Crippen LogP contribution >= 0.6 is 23.1 Å². The number of methoxy groups -OCH3 is 1. The molecule has 1 unspecified atom stereocenters. The zero-order valence-electron chi connectivity index (χ0n) is 21.1. The number of ether oxygens (including phenoxy) is 1. The highest BCUT2D eigenvalue weighted by Crippen LogP contribution is 2.44. The zero-order chi connectivity index (χ0) is 25.9. The highest BCUT2D eigenvalue weighted by molar-refractivity contribution is 7.99. The third kappa shape index (κ3) is 5.50. The Morgan fingerprint density at radius 1 is 1.42 bits per heavy atom. The molecule has 0 radical (unpaired) electrons. The number of aromatic nitrogens is 3. The van der Waals surface area contributed by atoms with Crippen molar-refractivity contribution in [2.45, 2.75) is 51.7 Å². The number of anilines is 1. The number of nitrogens with one attached hydrogen (secondary N) is 1. The van der Waals surface area contributed by atoms with Gasteiger partial charge < -0.3 is 10.1 Å². The molecular formula is C27H31N5O2S2. The van der Waals surface area contributed by atoms with Crippen molar-refractivity contribution in [2.75, 3.05) is 18.2 Å². The summed E-state index contributed by atoms with van der Waals surface area (Å²) < 4.78 is 7.26. The maximum atomic E-state index is 12.9. The van der Waals surface area contributed by atoms with Gasteiger partial charge >= 0.3 is 0 Å². The van der Waals surface area contributed by atoms with Crippen LogP contribution in [0.25, 0.3) is 11.4 Å². The average Bonchev–Trinajstić information content (AvgIpc) is 3.42. The second-order valence-electron chi connectivity index (χ2n) is 9.90. The van der Waals surface area contributed by atoms with Crippen LogP contribution in [0.4, 0.5) is 5.00 Å². The van der Waals surface area contributed by atoms with E-state index in [1.807, 2.05) is 28.8 Å². The number of amides is 1. The predicted octanol–water partition coefficient (Wildman–Crippen LogP) is 5.95. The summed E-state index contributed by atoms with van der Waals surface area (Å²) in [4.78, 5) is 14.1. The fourth-order valence-corrected chi connectivity index (χ4v) is 6.53. The van der Waals surface area contributed by atoms with Crippen molar-refractivity contribution >= 4 is 34.0 Å². The maximum Gasteiger partial charge on any atom is 0.235 e. The molecule has 0 bridgehead atoms. The van der Waals surface area contributed by atoms with Crippen molar-refractivity contribution < 1.29 is 9.53 Å². The van der Waals surface area contributed by atoms with E-state index in [2.05, 4.69) is 48.9 Å². The largest absolute Gasteiger partial charge is 0.497 e. The molecule has 0 saturated heterocycles. The first-order chi connectivity index (χ1) is 17.2. The number of nitriles is 1. The quantitative estimate of drug-likeness (QED) is 0.291. The number of allylic oxidation sites excluding steroid dienone is 1. The Bertz CT molecular complexity index is 1310. The van der Waals surface area contributed by atoms with E-state index >= 15 is 0 Å². The van der Waals surface area contributed by atoms with E-state index in [0.29, 0.717) is 34.0 Å². The molecule has 36 heavy (non-hydrogen) atoms. The minimum Gasteiger partial charge on any atom is -0.497 e. The number of thiophene rings is 1. The van der Waals surface area contributed by atoms with Crippen molar-refractivity contribution in [1.82, 2.24) is 14.8 Å². The molecule has 1 amide bonds. The van der Waals surface area contributed by atoms with Crippen molar-refractivity contribution in [3.8, 4) is 23.2 Å². The van der Waals surface area contributed by atoms with Gasteiger partial charge in [0.15, 0.2) is 11.0 Å². The van der Waals surface area contributed by atoms with Gasteiger partial charge in [0.25, 0.3) is 0 Å². The SMILES string of the molecule is C=CCn1c(SCC(=O)Nc2sc3c(c2C#N)CCC(C(C)(C)C)C3)nnc1-c1cccc(OC)c1. The Kier molecular flexibility index (Phi) is 7.86. The van der Waals surface area contributed by atoms with Crippen LogP contribution in [0.3, 0.4) is 0 Å². The predicted molar refractivity (Wildman–Crippen MR) is 146 cm³/mol. The summed E-state index contributed by atoms with van der Waals surface area (Å²) in [6, 6.07) is 9.95. The van der Waals surface area contributed by atoms with Gasteiger partial charge in [-0.05, 0) is 48.3 Å².